The standard InChI is InChI=1S/C10H8O5S/c11-10-8-4-2-1-3-7(8)5-6-9(10)15-16(12,13)14/h1-6,11H,(H,12,13,14). The van der Waals surface area contributed by atoms with Crippen LogP contribution >= 0.6 is 0 Å². The molecule has 2 rings (SSSR count). The molecule has 0 aliphatic rings. The number of benzene rings is 2. The van der Waals surface area contributed by atoms with Crippen molar-refractivity contribution in [2.24, 2.45) is 0 Å². The molecule has 0 atom stereocenters. The Labute approximate surface area is 91.9 Å². The molecule has 5 nitrogen and oxygen atoms in total. The number of phenolic OH excluding ortho intramolecular Hbond substituents is 1. The van der Waals surface area contributed by atoms with Crippen LogP contribution in [0.5, 0.6) is 11.5 Å². The van der Waals surface area contributed by atoms with E-state index in [4.69, 9.17) is 4.55 Å². The van der Waals surface area contributed by atoms with E-state index in [1.54, 1.807) is 30.3 Å². The summed E-state index contributed by atoms with van der Waals surface area (Å²) in [7, 11) is -4.63. The van der Waals surface area contributed by atoms with Gasteiger partial charge in [-0.25, -0.2) is 0 Å². The van der Waals surface area contributed by atoms with E-state index >= 15 is 0 Å². The molecule has 0 spiro atoms. The van der Waals surface area contributed by atoms with Crippen molar-refractivity contribution in [2.75, 3.05) is 0 Å². The Kier molecular flexibility index (Phi) is 2.45. The molecule has 0 heterocycles. The molecule has 0 radical (unpaired) electrons. The zero-order chi connectivity index (χ0) is 11.8. The lowest BCUT2D eigenvalue weighted by Gasteiger charge is -2.06. The van der Waals surface area contributed by atoms with Crippen molar-refractivity contribution in [1.82, 2.24) is 0 Å². The average Bonchev–Trinajstić information content (AvgIpc) is 2.21. The molecule has 2 aromatic carbocycles. The molecule has 0 aliphatic carbocycles. The topological polar surface area (TPSA) is 83.8 Å². The van der Waals surface area contributed by atoms with Crippen LogP contribution in [0.15, 0.2) is 36.4 Å². The van der Waals surface area contributed by atoms with Crippen LogP contribution in [0.4, 0.5) is 0 Å². The van der Waals surface area contributed by atoms with Crippen molar-refractivity contribution < 1.29 is 22.3 Å². The van der Waals surface area contributed by atoms with E-state index in [1.165, 1.54) is 6.07 Å². The van der Waals surface area contributed by atoms with E-state index in [9.17, 15) is 13.5 Å². The maximum Gasteiger partial charge on any atom is 0.446 e. The predicted molar refractivity (Wildman–Crippen MR) is 57.8 cm³/mol. The van der Waals surface area contributed by atoms with Gasteiger partial charge in [-0.15, -0.1) is 0 Å². The van der Waals surface area contributed by atoms with Crippen LogP contribution in [0, 0.1) is 0 Å². The third kappa shape index (κ3) is 2.07. The third-order valence-corrected chi connectivity index (χ3v) is 2.45. The molecule has 16 heavy (non-hydrogen) atoms. The van der Waals surface area contributed by atoms with E-state index < -0.39 is 10.4 Å². The normalized spacial score (nSPS) is 11.6. The molecule has 0 saturated carbocycles. The molecule has 0 unspecified atom stereocenters. The Morgan fingerprint density at radius 3 is 2.44 bits per heavy atom. The van der Waals surface area contributed by atoms with Gasteiger partial charge in [0.25, 0.3) is 0 Å². The number of fused-ring (bicyclic) bond motifs is 1. The minimum Gasteiger partial charge on any atom is -0.504 e. The molecule has 0 bridgehead atoms. The molecule has 6 heteroatoms. The van der Waals surface area contributed by atoms with E-state index in [1.807, 2.05) is 0 Å². The van der Waals surface area contributed by atoms with Gasteiger partial charge in [0.15, 0.2) is 11.5 Å². The van der Waals surface area contributed by atoms with Crippen LogP contribution in [-0.2, 0) is 10.4 Å². The minimum atomic E-state index is -4.63. The van der Waals surface area contributed by atoms with Crippen LogP contribution < -0.4 is 4.18 Å². The number of hydrogen-bond acceptors (Lipinski definition) is 4. The second kappa shape index (κ2) is 3.66. The lowest BCUT2D eigenvalue weighted by Crippen LogP contribution is -2.06. The molecule has 0 fully saturated rings. The van der Waals surface area contributed by atoms with E-state index in [-0.39, 0.29) is 11.5 Å². The lowest BCUT2D eigenvalue weighted by molar-refractivity contribution is 0.372. The Morgan fingerprint density at radius 2 is 1.75 bits per heavy atom. The third-order valence-electron chi connectivity index (χ3n) is 2.06. The predicted octanol–water partition coefficient (Wildman–Crippen LogP) is 1.73. The molecule has 0 amide bonds. The van der Waals surface area contributed by atoms with Crippen molar-refractivity contribution in [3.63, 3.8) is 0 Å². The zero-order valence-electron chi connectivity index (χ0n) is 7.99. The summed E-state index contributed by atoms with van der Waals surface area (Å²) >= 11 is 0. The van der Waals surface area contributed by atoms with Gasteiger partial charge in [0.1, 0.15) is 0 Å². The first-order valence-corrected chi connectivity index (χ1v) is 5.71. The highest BCUT2D eigenvalue weighted by atomic mass is 32.3. The highest BCUT2D eigenvalue weighted by Crippen LogP contribution is 2.34. The molecular weight excluding hydrogens is 232 g/mol. The Balaban J connectivity index is 2.61. The Hall–Kier alpha value is -1.79. The number of phenols is 1. The summed E-state index contributed by atoms with van der Waals surface area (Å²) in [5.74, 6) is -0.628. The van der Waals surface area contributed by atoms with Gasteiger partial charge in [0, 0.05) is 5.39 Å². The fourth-order valence-corrected chi connectivity index (χ4v) is 1.78. The number of aromatic hydroxyl groups is 1. The van der Waals surface area contributed by atoms with Gasteiger partial charge in [-0.3, -0.25) is 4.55 Å². The van der Waals surface area contributed by atoms with Crippen LogP contribution in [0.25, 0.3) is 10.8 Å². The van der Waals surface area contributed by atoms with Gasteiger partial charge >= 0.3 is 10.4 Å². The van der Waals surface area contributed by atoms with E-state index in [2.05, 4.69) is 4.18 Å². The van der Waals surface area contributed by atoms with E-state index in [0.29, 0.717) is 5.39 Å². The van der Waals surface area contributed by atoms with Crippen LogP contribution in [-0.4, -0.2) is 18.1 Å². The summed E-state index contributed by atoms with van der Waals surface area (Å²) in [6, 6.07) is 9.69. The van der Waals surface area contributed by atoms with Crippen molar-refractivity contribution in [1.29, 1.82) is 0 Å². The van der Waals surface area contributed by atoms with Gasteiger partial charge in [-0.1, -0.05) is 30.3 Å². The summed E-state index contributed by atoms with van der Waals surface area (Å²) in [6.07, 6.45) is 0. The second-order valence-electron chi connectivity index (χ2n) is 3.14. The monoisotopic (exact) mass is 240 g/mol. The minimum absolute atomic E-state index is 0.304. The Bertz CT molecular complexity index is 633. The fraction of sp³-hybridized carbons (Fsp3) is 0. The summed E-state index contributed by atoms with van der Waals surface area (Å²) in [4.78, 5) is 0. The van der Waals surface area contributed by atoms with Gasteiger partial charge in [-0.2, -0.15) is 8.42 Å². The van der Waals surface area contributed by atoms with Crippen LogP contribution in [0.3, 0.4) is 0 Å². The van der Waals surface area contributed by atoms with Crippen molar-refractivity contribution >= 4 is 21.2 Å². The smallest absolute Gasteiger partial charge is 0.446 e. The first-order valence-electron chi connectivity index (χ1n) is 4.35. The number of rotatable bonds is 2. The molecular formula is C10H8O5S. The fourth-order valence-electron chi connectivity index (χ4n) is 1.42. The van der Waals surface area contributed by atoms with Crippen LogP contribution in [0.1, 0.15) is 0 Å². The SMILES string of the molecule is O=S(=O)(O)Oc1ccc2ccccc2c1O. The molecule has 2 aromatic rings. The maximum absolute atomic E-state index is 10.5. The first-order chi connectivity index (χ1) is 7.47. The lowest BCUT2D eigenvalue weighted by atomic mass is 10.1. The van der Waals surface area contributed by atoms with Crippen molar-refractivity contribution in [3.8, 4) is 11.5 Å². The molecule has 0 aromatic heterocycles. The largest absolute Gasteiger partial charge is 0.504 e. The quantitative estimate of drug-likeness (QED) is 0.781. The Morgan fingerprint density at radius 1 is 1.06 bits per heavy atom. The van der Waals surface area contributed by atoms with E-state index in [0.717, 1.165) is 5.39 Å². The maximum atomic E-state index is 10.5. The summed E-state index contributed by atoms with van der Waals surface area (Å²) in [5.41, 5.74) is 0. The van der Waals surface area contributed by atoms with Gasteiger partial charge < -0.3 is 9.29 Å². The van der Waals surface area contributed by atoms with Crippen LogP contribution in [0.2, 0.25) is 0 Å². The molecule has 2 N–H and O–H groups in total. The highest BCUT2D eigenvalue weighted by Gasteiger charge is 2.13. The van der Waals surface area contributed by atoms with Gasteiger partial charge in [-0.05, 0) is 11.5 Å². The molecule has 84 valence electrons. The summed E-state index contributed by atoms with van der Waals surface area (Å²) in [5, 5.41) is 10.9. The second-order valence-corrected chi connectivity index (χ2v) is 4.17. The van der Waals surface area contributed by atoms with Gasteiger partial charge in [0.2, 0.25) is 0 Å². The summed E-state index contributed by atoms with van der Waals surface area (Å²) < 4.78 is 33.7. The average molecular weight is 240 g/mol. The van der Waals surface area contributed by atoms with Crippen molar-refractivity contribution in [2.45, 2.75) is 0 Å². The van der Waals surface area contributed by atoms with Crippen molar-refractivity contribution in [3.05, 3.63) is 36.4 Å². The molecule has 0 saturated heterocycles. The molecule has 0 aliphatic heterocycles. The number of hydrogen-bond donors (Lipinski definition) is 2. The van der Waals surface area contributed by atoms with Gasteiger partial charge in [0.05, 0.1) is 0 Å². The first kappa shape index (κ1) is 10.7. The zero-order valence-corrected chi connectivity index (χ0v) is 8.81. The summed E-state index contributed by atoms with van der Waals surface area (Å²) in [6.45, 7) is 0. The highest BCUT2D eigenvalue weighted by molar-refractivity contribution is 7.81.